The molecule has 0 spiro atoms. The standard InChI is InChI=1S/C22H33N3OS/c1-3-7-20-24-19-12-17(10-15(2)21(19)25-20)13-23-22(26)18(14-27)11-16-8-5-4-6-9-16/h10,12,16,18,27H,3-9,11,13-14H2,1-2H3,(H,23,26)(H,24,25). The lowest BCUT2D eigenvalue weighted by Crippen LogP contribution is -2.33. The molecule has 0 bridgehead atoms. The molecule has 1 unspecified atom stereocenters. The molecule has 5 heteroatoms. The summed E-state index contributed by atoms with van der Waals surface area (Å²) < 4.78 is 0. The van der Waals surface area contributed by atoms with Crippen molar-refractivity contribution in [1.82, 2.24) is 15.3 Å². The lowest BCUT2D eigenvalue weighted by atomic mass is 9.83. The Morgan fingerprint density at radius 3 is 2.81 bits per heavy atom. The number of hydrogen-bond donors (Lipinski definition) is 3. The maximum Gasteiger partial charge on any atom is 0.224 e. The first-order valence-corrected chi connectivity index (χ1v) is 11.1. The van der Waals surface area contributed by atoms with E-state index >= 15 is 0 Å². The minimum absolute atomic E-state index is 0.0181. The molecule has 1 aliphatic carbocycles. The highest BCUT2D eigenvalue weighted by molar-refractivity contribution is 7.80. The van der Waals surface area contributed by atoms with Crippen LogP contribution in [-0.4, -0.2) is 21.6 Å². The summed E-state index contributed by atoms with van der Waals surface area (Å²) in [6, 6.07) is 4.25. The Balaban J connectivity index is 1.61. The average Bonchev–Trinajstić information content (AvgIpc) is 3.08. The van der Waals surface area contributed by atoms with Crippen molar-refractivity contribution < 1.29 is 4.79 Å². The molecule has 0 aliphatic heterocycles. The Morgan fingerprint density at radius 2 is 2.11 bits per heavy atom. The Kier molecular flexibility index (Phi) is 7.22. The van der Waals surface area contributed by atoms with Gasteiger partial charge in [0.15, 0.2) is 0 Å². The number of rotatable bonds is 8. The third-order valence-electron chi connectivity index (χ3n) is 5.77. The number of benzene rings is 1. The monoisotopic (exact) mass is 387 g/mol. The predicted octanol–water partition coefficient (Wildman–Crippen LogP) is 4.96. The normalized spacial score (nSPS) is 16.6. The number of aromatic amines is 1. The maximum atomic E-state index is 12.7. The molecule has 1 saturated carbocycles. The molecule has 27 heavy (non-hydrogen) atoms. The van der Waals surface area contributed by atoms with Crippen molar-refractivity contribution in [2.24, 2.45) is 11.8 Å². The van der Waals surface area contributed by atoms with Gasteiger partial charge in [0, 0.05) is 24.6 Å². The molecular weight excluding hydrogens is 354 g/mol. The lowest BCUT2D eigenvalue weighted by Gasteiger charge is -2.25. The van der Waals surface area contributed by atoms with E-state index in [0.717, 1.165) is 47.2 Å². The van der Waals surface area contributed by atoms with E-state index in [1.807, 2.05) is 0 Å². The van der Waals surface area contributed by atoms with E-state index in [1.54, 1.807) is 0 Å². The number of imidazole rings is 1. The molecule has 1 aliphatic rings. The fraction of sp³-hybridized carbons (Fsp3) is 0.636. The van der Waals surface area contributed by atoms with E-state index in [1.165, 1.54) is 32.1 Å². The quantitative estimate of drug-likeness (QED) is 0.561. The Hall–Kier alpha value is -1.49. The number of aryl methyl sites for hydroxylation is 2. The largest absolute Gasteiger partial charge is 0.352 e. The smallest absolute Gasteiger partial charge is 0.224 e. The van der Waals surface area contributed by atoms with Gasteiger partial charge in [0.1, 0.15) is 5.82 Å². The van der Waals surface area contributed by atoms with E-state index in [2.05, 4.69) is 48.9 Å². The summed E-state index contributed by atoms with van der Waals surface area (Å²) in [4.78, 5) is 20.8. The van der Waals surface area contributed by atoms with Crippen molar-refractivity contribution in [3.05, 3.63) is 29.1 Å². The zero-order valence-electron chi connectivity index (χ0n) is 16.7. The van der Waals surface area contributed by atoms with Crippen molar-refractivity contribution >= 4 is 29.6 Å². The minimum atomic E-state index is 0.0181. The summed E-state index contributed by atoms with van der Waals surface area (Å²) in [5.41, 5.74) is 4.38. The van der Waals surface area contributed by atoms with Crippen LogP contribution in [-0.2, 0) is 17.8 Å². The summed E-state index contributed by atoms with van der Waals surface area (Å²) in [6.45, 7) is 4.81. The van der Waals surface area contributed by atoms with Gasteiger partial charge in [-0.05, 0) is 42.9 Å². The van der Waals surface area contributed by atoms with Gasteiger partial charge in [-0.15, -0.1) is 0 Å². The van der Waals surface area contributed by atoms with E-state index < -0.39 is 0 Å². The molecule has 2 N–H and O–H groups in total. The number of carbonyl (C=O) groups excluding carboxylic acids is 1. The van der Waals surface area contributed by atoms with E-state index in [-0.39, 0.29) is 11.8 Å². The second kappa shape index (κ2) is 9.63. The summed E-state index contributed by atoms with van der Waals surface area (Å²) in [6.07, 6.45) is 9.54. The Morgan fingerprint density at radius 1 is 1.33 bits per heavy atom. The molecule has 1 atom stereocenters. The highest BCUT2D eigenvalue weighted by Gasteiger charge is 2.23. The van der Waals surface area contributed by atoms with Crippen LogP contribution >= 0.6 is 12.6 Å². The van der Waals surface area contributed by atoms with Gasteiger partial charge in [-0.2, -0.15) is 12.6 Å². The van der Waals surface area contributed by atoms with E-state index in [0.29, 0.717) is 18.2 Å². The summed E-state index contributed by atoms with van der Waals surface area (Å²) in [7, 11) is 0. The first kappa shape index (κ1) is 20.2. The van der Waals surface area contributed by atoms with Gasteiger partial charge in [0.2, 0.25) is 5.91 Å². The molecule has 1 fully saturated rings. The van der Waals surface area contributed by atoms with Crippen LogP contribution < -0.4 is 5.32 Å². The summed E-state index contributed by atoms with van der Waals surface area (Å²) in [5.74, 6) is 2.53. The number of fused-ring (bicyclic) bond motifs is 1. The molecule has 4 nitrogen and oxygen atoms in total. The number of nitrogens with zero attached hydrogens (tertiary/aromatic N) is 1. The SMILES string of the molecule is CCCc1nc2c(C)cc(CNC(=O)C(CS)CC3CCCCC3)cc2[nH]1. The second-order valence-electron chi connectivity index (χ2n) is 8.08. The third kappa shape index (κ3) is 5.28. The zero-order valence-corrected chi connectivity index (χ0v) is 17.6. The fourth-order valence-electron chi connectivity index (χ4n) is 4.30. The van der Waals surface area contributed by atoms with Gasteiger partial charge in [-0.3, -0.25) is 4.79 Å². The van der Waals surface area contributed by atoms with Crippen molar-refractivity contribution in [1.29, 1.82) is 0 Å². The van der Waals surface area contributed by atoms with Gasteiger partial charge in [-0.25, -0.2) is 4.98 Å². The molecule has 1 aromatic carbocycles. The van der Waals surface area contributed by atoms with Gasteiger partial charge >= 0.3 is 0 Å². The second-order valence-corrected chi connectivity index (χ2v) is 8.44. The van der Waals surface area contributed by atoms with Crippen LogP contribution in [0.15, 0.2) is 12.1 Å². The Bertz CT molecular complexity index is 764. The Labute approximate surface area is 168 Å². The van der Waals surface area contributed by atoms with Crippen molar-refractivity contribution in [2.45, 2.75) is 71.8 Å². The number of hydrogen-bond acceptors (Lipinski definition) is 3. The van der Waals surface area contributed by atoms with Crippen molar-refractivity contribution in [2.75, 3.05) is 5.75 Å². The highest BCUT2D eigenvalue weighted by Crippen LogP contribution is 2.29. The molecule has 1 aromatic heterocycles. The molecule has 2 aromatic rings. The van der Waals surface area contributed by atoms with Crippen LogP contribution in [0.25, 0.3) is 11.0 Å². The summed E-state index contributed by atoms with van der Waals surface area (Å²) >= 11 is 4.45. The molecule has 1 heterocycles. The number of nitrogens with one attached hydrogen (secondary N) is 2. The van der Waals surface area contributed by atoms with Crippen molar-refractivity contribution in [3.63, 3.8) is 0 Å². The molecule has 3 rings (SSSR count). The van der Waals surface area contributed by atoms with Gasteiger partial charge < -0.3 is 10.3 Å². The number of thiol groups is 1. The fourth-order valence-corrected chi connectivity index (χ4v) is 4.61. The minimum Gasteiger partial charge on any atom is -0.352 e. The molecule has 1 amide bonds. The highest BCUT2D eigenvalue weighted by atomic mass is 32.1. The van der Waals surface area contributed by atoms with Crippen LogP contribution in [0.1, 0.15) is 68.8 Å². The first-order valence-electron chi connectivity index (χ1n) is 10.5. The zero-order chi connectivity index (χ0) is 19.2. The lowest BCUT2D eigenvalue weighted by molar-refractivity contribution is -0.125. The first-order chi connectivity index (χ1) is 13.1. The molecule has 0 radical (unpaired) electrons. The number of H-pyrrole nitrogens is 1. The van der Waals surface area contributed by atoms with Gasteiger partial charge in [-0.1, -0.05) is 45.1 Å². The average molecular weight is 388 g/mol. The van der Waals surface area contributed by atoms with Gasteiger partial charge in [0.25, 0.3) is 0 Å². The van der Waals surface area contributed by atoms with E-state index in [4.69, 9.17) is 4.98 Å². The predicted molar refractivity (Wildman–Crippen MR) is 115 cm³/mol. The molecule has 148 valence electrons. The van der Waals surface area contributed by atoms with Gasteiger partial charge in [0.05, 0.1) is 11.0 Å². The molecular formula is C22H33N3OS. The van der Waals surface area contributed by atoms with Crippen LogP contribution in [0.5, 0.6) is 0 Å². The van der Waals surface area contributed by atoms with E-state index in [9.17, 15) is 4.79 Å². The number of aromatic nitrogens is 2. The van der Waals surface area contributed by atoms with Crippen LogP contribution in [0.2, 0.25) is 0 Å². The third-order valence-corrected chi connectivity index (χ3v) is 6.21. The summed E-state index contributed by atoms with van der Waals surface area (Å²) in [5, 5.41) is 3.14. The number of amides is 1. The van der Waals surface area contributed by atoms with Crippen LogP contribution in [0.3, 0.4) is 0 Å². The van der Waals surface area contributed by atoms with Crippen LogP contribution in [0, 0.1) is 18.8 Å². The topological polar surface area (TPSA) is 57.8 Å². The van der Waals surface area contributed by atoms with Crippen LogP contribution in [0.4, 0.5) is 0 Å². The molecule has 0 saturated heterocycles. The number of carbonyl (C=O) groups is 1. The van der Waals surface area contributed by atoms with Crippen molar-refractivity contribution in [3.8, 4) is 0 Å². The maximum absolute atomic E-state index is 12.7.